The molecule has 2 N–H and O–H groups in total. The van der Waals surface area contributed by atoms with Crippen LogP contribution in [0.3, 0.4) is 0 Å². The summed E-state index contributed by atoms with van der Waals surface area (Å²) in [5.74, 6) is 1.24. The molecule has 2 heterocycles. The molecule has 94 valence electrons. The van der Waals surface area contributed by atoms with E-state index in [2.05, 4.69) is 17.2 Å². The smallest absolute Gasteiger partial charge is 0.179 e. The quantitative estimate of drug-likeness (QED) is 0.815. The Bertz CT molecular complexity index is 394. The van der Waals surface area contributed by atoms with Crippen LogP contribution in [0.25, 0.3) is 0 Å². The van der Waals surface area contributed by atoms with Crippen LogP contribution in [0.5, 0.6) is 0 Å². The third-order valence-electron chi connectivity index (χ3n) is 3.66. The van der Waals surface area contributed by atoms with Crippen LogP contribution in [0.4, 0.5) is 0 Å². The summed E-state index contributed by atoms with van der Waals surface area (Å²) in [7, 11) is 0. The van der Waals surface area contributed by atoms with E-state index < -0.39 is 0 Å². The monoisotopic (exact) mass is 254 g/mol. The molecule has 4 heteroatoms. The predicted molar refractivity (Wildman–Crippen MR) is 69.6 cm³/mol. The minimum atomic E-state index is 0.179. The van der Waals surface area contributed by atoms with Gasteiger partial charge in [0.05, 0.1) is 10.7 Å². The van der Waals surface area contributed by atoms with E-state index in [9.17, 15) is 4.79 Å². The maximum atomic E-state index is 12.1. The highest BCUT2D eigenvalue weighted by molar-refractivity contribution is 6.31. The van der Waals surface area contributed by atoms with Gasteiger partial charge in [0.2, 0.25) is 0 Å². The van der Waals surface area contributed by atoms with Gasteiger partial charge in [0.25, 0.3) is 0 Å². The molecule has 1 aliphatic heterocycles. The molecule has 0 spiro atoms. The molecule has 0 aliphatic carbocycles. The molecule has 1 saturated heterocycles. The van der Waals surface area contributed by atoms with E-state index >= 15 is 0 Å². The number of aromatic nitrogens is 1. The summed E-state index contributed by atoms with van der Waals surface area (Å²) in [4.78, 5) is 15.2. The number of hydrogen-bond acceptors (Lipinski definition) is 2. The molecule has 1 fully saturated rings. The summed E-state index contributed by atoms with van der Waals surface area (Å²) in [5.41, 5.74) is 1.52. The van der Waals surface area contributed by atoms with Gasteiger partial charge in [0, 0.05) is 12.1 Å². The summed E-state index contributed by atoms with van der Waals surface area (Å²) in [6, 6.07) is 1.74. The van der Waals surface area contributed by atoms with Crippen LogP contribution in [-0.4, -0.2) is 23.9 Å². The topological polar surface area (TPSA) is 44.9 Å². The average molecular weight is 255 g/mol. The van der Waals surface area contributed by atoms with Gasteiger partial charge in [-0.2, -0.15) is 0 Å². The number of carbonyl (C=O) groups is 1. The summed E-state index contributed by atoms with van der Waals surface area (Å²) >= 11 is 5.95. The van der Waals surface area contributed by atoms with Crippen LogP contribution < -0.4 is 5.32 Å². The number of halogens is 1. The van der Waals surface area contributed by atoms with Crippen LogP contribution in [0, 0.1) is 18.8 Å². The number of rotatable bonds is 3. The Morgan fingerprint density at radius 3 is 2.94 bits per heavy atom. The largest absolute Gasteiger partial charge is 0.355 e. The van der Waals surface area contributed by atoms with Crippen molar-refractivity contribution in [2.75, 3.05) is 13.1 Å². The van der Waals surface area contributed by atoms with Gasteiger partial charge in [-0.15, -0.1) is 0 Å². The van der Waals surface area contributed by atoms with E-state index in [1.165, 1.54) is 0 Å². The third-order valence-corrected chi connectivity index (χ3v) is 4.06. The average Bonchev–Trinajstić information content (AvgIpc) is 2.63. The summed E-state index contributed by atoms with van der Waals surface area (Å²) in [6.45, 7) is 6.12. The van der Waals surface area contributed by atoms with E-state index in [0.29, 0.717) is 29.0 Å². The number of aromatic amines is 1. The SMILES string of the molecule is Cc1[nH]c(C(=O)C[C@@H]2CCNC[C@@H]2C)cc1Cl. The molecule has 0 aromatic carbocycles. The highest BCUT2D eigenvalue weighted by Gasteiger charge is 2.24. The Balaban J connectivity index is 2.01. The lowest BCUT2D eigenvalue weighted by molar-refractivity contribution is 0.0928. The van der Waals surface area contributed by atoms with Crippen LogP contribution in [0.2, 0.25) is 5.02 Å². The maximum absolute atomic E-state index is 12.1. The first-order chi connectivity index (χ1) is 8.08. The molecular formula is C13H19ClN2O. The van der Waals surface area contributed by atoms with Crippen LogP contribution >= 0.6 is 11.6 Å². The lowest BCUT2D eigenvalue weighted by Crippen LogP contribution is -2.36. The minimum absolute atomic E-state index is 0.179. The van der Waals surface area contributed by atoms with Gasteiger partial charge in [0.15, 0.2) is 5.78 Å². The molecule has 1 aromatic heterocycles. The van der Waals surface area contributed by atoms with Gasteiger partial charge in [-0.1, -0.05) is 18.5 Å². The Morgan fingerprint density at radius 2 is 2.35 bits per heavy atom. The molecule has 0 saturated carbocycles. The van der Waals surface area contributed by atoms with Crippen LogP contribution in [0.15, 0.2) is 6.07 Å². The number of ketones is 1. The molecule has 0 amide bonds. The Labute approximate surface area is 107 Å². The highest BCUT2D eigenvalue weighted by Crippen LogP contribution is 2.25. The van der Waals surface area contributed by atoms with Crippen molar-refractivity contribution in [3.63, 3.8) is 0 Å². The molecule has 1 aliphatic rings. The maximum Gasteiger partial charge on any atom is 0.179 e. The van der Waals surface area contributed by atoms with E-state index in [1.807, 2.05) is 6.92 Å². The van der Waals surface area contributed by atoms with Gasteiger partial charge in [-0.05, 0) is 44.3 Å². The predicted octanol–water partition coefficient (Wildman–Crippen LogP) is 2.79. The molecule has 0 radical (unpaired) electrons. The second-order valence-corrected chi connectivity index (χ2v) is 5.42. The van der Waals surface area contributed by atoms with Gasteiger partial charge in [0.1, 0.15) is 0 Å². The number of H-pyrrole nitrogens is 1. The molecule has 1 aromatic rings. The van der Waals surface area contributed by atoms with E-state index in [-0.39, 0.29) is 5.78 Å². The number of Topliss-reactive ketones (excluding diaryl/α,β-unsaturated/α-hetero) is 1. The van der Waals surface area contributed by atoms with Crippen molar-refractivity contribution in [1.82, 2.24) is 10.3 Å². The first kappa shape index (κ1) is 12.7. The Kier molecular flexibility index (Phi) is 3.89. The molecule has 3 nitrogen and oxygen atoms in total. The fourth-order valence-corrected chi connectivity index (χ4v) is 2.56. The van der Waals surface area contributed by atoms with E-state index in [0.717, 1.165) is 25.2 Å². The van der Waals surface area contributed by atoms with Gasteiger partial charge < -0.3 is 10.3 Å². The van der Waals surface area contributed by atoms with Crippen molar-refractivity contribution in [3.05, 3.63) is 22.5 Å². The minimum Gasteiger partial charge on any atom is -0.355 e. The zero-order chi connectivity index (χ0) is 12.4. The van der Waals surface area contributed by atoms with Crippen molar-refractivity contribution in [2.24, 2.45) is 11.8 Å². The second kappa shape index (κ2) is 5.23. The zero-order valence-corrected chi connectivity index (χ0v) is 11.1. The number of piperidine rings is 1. The molecular weight excluding hydrogens is 236 g/mol. The number of carbonyl (C=O) groups excluding carboxylic acids is 1. The molecule has 0 bridgehead atoms. The molecule has 2 atom stereocenters. The van der Waals surface area contributed by atoms with Crippen molar-refractivity contribution < 1.29 is 4.79 Å². The van der Waals surface area contributed by atoms with Crippen molar-refractivity contribution in [1.29, 1.82) is 0 Å². The lowest BCUT2D eigenvalue weighted by atomic mass is 9.84. The lowest BCUT2D eigenvalue weighted by Gasteiger charge is -2.28. The zero-order valence-electron chi connectivity index (χ0n) is 10.3. The first-order valence-electron chi connectivity index (χ1n) is 6.17. The Morgan fingerprint density at radius 1 is 1.59 bits per heavy atom. The van der Waals surface area contributed by atoms with E-state index in [4.69, 9.17) is 11.6 Å². The molecule has 2 rings (SSSR count). The summed E-state index contributed by atoms with van der Waals surface area (Å²) < 4.78 is 0. The number of hydrogen-bond donors (Lipinski definition) is 2. The van der Waals surface area contributed by atoms with Crippen molar-refractivity contribution in [2.45, 2.75) is 26.7 Å². The number of aryl methyl sites for hydroxylation is 1. The molecule has 17 heavy (non-hydrogen) atoms. The highest BCUT2D eigenvalue weighted by atomic mass is 35.5. The van der Waals surface area contributed by atoms with E-state index in [1.54, 1.807) is 6.07 Å². The number of nitrogens with one attached hydrogen (secondary N) is 2. The van der Waals surface area contributed by atoms with Gasteiger partial charge >= 0.3 is 0 Å². The second-order valence-electron chi connectivity index (χ2n) is 5.01. The third kappa shape index (κ3) is 2.90. The fourth-order valence-electron chi connectivity index (χ4n) is 2.40. The fraction of sp³-hybridized carbons (Fsp3) is 0.615. The van der Waals surface area contributed by atoms with Gasteiger partial charge in [-0.3, -0.25) is 4.79 Å². The standard InChI is InChI=1S/C13H19ClN2O/c1-8-7-15-4-3-10(8)5-13(17)12-6-11(14)9(2)16-12/h6,8,10,15-16H,3-5,7H2,1-2H3/t8-,10-/m0/s1. The van der Waals surface area contributed by atoms with Crippen molar-refractivity contribution in [3.8, 4) is 0 Å². The molecule has 0 unspecified atom stereocenters. The normalized spacial score (nSPS) is 24.9. The summed E-state index contributed by atoms with van der Waals surface area (Å²) in [6.07, 6.45) is 1.71. The van der Waals surface area contributed by atoms with Crippen LogP contribution in [0.1, 0.15) is 35.9 Å². The van der Waals surface area contributed by atoms with Gasteiger partial charge in [-0.25, -0.2) is 0 Å². The summed E-state index contributed by atoms with van der Waals surface area (Å²) in [5, 5.41) is 4.00. The van der Waals surface area contributed by atoms with Crippen LogP contribution in [-0.2, 0) is 0 Å². The van der Waals surface area contributed by atoms with Crippen molar-refractivity contribution >= 4 is 17.4 Å². The first-order valence-corrected chi connectivity index (χ1v) is 6.54. The Hall–Kier alpha value is -0.800.